The molecule has 112 valence electrons. The third kappa shape index (κ3) is 3.03. The molecule has 1 atom stereocenters. The molecule has 21 heavy (non-hydrogen) atoms. The summed E-state index contributed by atoms with van der Waals surface area (Å²) in [6, 6.07) is 10.7. The van der Waals surface area contributed by atoms with Gasteiger partial charge in [-0.1, -0.05) is 44.2 Å². The van der Waals surface area contributed by atoms with E-state index in [9.17, 15) is 0 Å². The van der Waals surface area contributed by atoms with Crippen LogP contribution in [0.3, 0.4) is 0 Å². The van der Waals surface area contributed by atoms with Crippen molar-refractivity contribution >= 4 is 0 Å². The molecule has 0 aliphatic carbocycles. The summed E-state index contributed by atoms with van der Waals surface area (Å²) in [5, 5.41) is 3.46. The zero-order valence-electron chi connectivity index (χ0n) is 13.0. The van der Waals surface area contributed by atoms with E-state index in [1.165, 1.54) is 24.1 Å². The lowest BCUT2D eigenvalue weighted by molar-refractivity contribution is 0.314. The Labute approximate surface area is 127 Å². The van der Waals surface area contributed by atoms with Gasteiger partial charge in [0.15, 0.2) is 0 Å². The molecule has 0 radical (unpaired) electrons. The fraction of sp³-hybridized carbons (Fsp3) is 0.500. The smallest absolute Gasteiger partial charge is 0.0948 e. The lowest BCUT2D eigenvalue weighted by atomic mass is 9.78. The standard InChI is InChI=1S/C18H25N3/c1-15(16-6-4-3-5-7-16)13-21-14-20-12-17(21)18(2)8-10-19-11-9-18/h3-7,12,14-15,19H,8-11,13H2,1-2H3. The summed E-state index contributed by atoms with van der Waals surface area (Å²) in [5.74, 6) is 0.504. The highest BCUT2D eigenvalue weighted by Crippen LogP contribution is 2.33. The van der Waals surface area contributed by atoms with Crippen LogP contribution in [0.5, 0.6) is 0 Å². The number of imidazole rings is 1. The number of rotatable bonds is 4. The van der Waals surface area contributed by atoms with Crippen LogP contribution in [0.25, 0.3) is 0 Å². The van der Waals surface area contributed by atoms with Crippen molar-refractivity contribution in [2.24, 2.45) is 0 Å². The summed E-state index contributed by atoms with van der Waals surface area (Å²) in [6.07, 6.45) is 6.46. The van der Waals surface area contributed by atoms with Gasteiger partial charge in [-0.05, 0) is 37.4 Å². The predicted molar refractivity (Wildman–Crippen MR) is 86.5 cm³/mol. The Bertz CT molecular complexity index is 567. The first-order valence-corrected chi connectivity index (χ1v) is 7.95. The maximum absolute atomic E-state index is 4.43. The van der Waals surface area contributed by atoms with Crippen molar-refractivity contribution in [1.82, 2.24) is 14.9 Å². The van der Waals surface area contributed by atoms with Crippen LogP contribution in [-0.2, 0) is 12.0 Å². The van der Waals surface area contributed by atoms with E-state index in [-0.39, 0.29) is 5.41 Å². The maximum atomic E-state index is 4.43. The first-order valence-electron chi connectivity index (χ1n) is 7.95. The largest absolute Gasteiger partial charge is 0.333 e. The van der Waals surface area contributed by atoms with Crippen molar-refractivity contribution in [3.05, 3.63) is 54.1 Å². The Morgan fingerprint density at radius 1 is 1.24 bits per heavy atom. The molecule has 3 heteroatoms. The monoisotopic (exact) mass is 283 g/mol. The van der Waals surface area contributed by atoms with E-state index >= 15 is 0 Å². The second-order valence-electron chi connectivity index (χ2n) is 6.55. The van der Waals surface area contributed by atoms with E-state index in [0.717, 1.165) is 19.6 Å². The predicted octanol–water partition coefficient (Wildman–Crippen LogP) is 3.33. The lowest BCUT2D eigenvalue weighted by Gasteiger charge is -2.35. The molecule has 1 saturated heterocycles. The quantitative estimate of drug-likeness (QED) is 0.933. The molecule has 1 aliphatic rings. The van der Waals surface area contributed by atoms with Crippen LogP contribution in [-0.4, -0.2) is 22.6 Å². The normalized spacial score (nSPS) is 19.3. The van der Waals surface area contributed by atoms with Crippen molar-refractivity contribution in [3.63, 3.8) is 0 Å². The second kappa shape index (κ2) is 6.02. The molecular formula is C18H25N3. The lowest BCUT2D eigenvalue weighted by Crippen LogP contribution is -2.39. The fourth-order valence-corrected chi connectivity index (χ4v) is 3.39. The Morgan fingerprint density at radius 2 is 1.95 bits per heavy atom. The average molecular weight is 283 g/mol. The van der Waals surface area contributed by atoms with Gasteiger partial charge in [0, 0.05) is 23.9 Å². The molecule has 3 nitrogen and oxygen atoms in total. The number of aromatic nitrogens is 2. The fourth-order valence-electron chi connectivity index (χ4n) is 3.39. The molecule has 1 aromatic heterocycles. The summed E-state index contributed by atoms with van der Waals surface area (Å²) in [6.45, 7) is 7.90. The molecule has 1 aromatic carbocycles. The second-order valence-corrected chi connectivity index (χ2v) is 6.55. The van der Waals surface area contributed by atoms with Crippen LogP contribution in [0.4, 0.5) is 0 Å². The first-order chi connectivity index (χ1) is 10.2. The Morgan fingerprint density at radius 3 is 2.67 bits per heavy atom. The van der Waals surface area contributed by atoms with E-state index in [1.807, 2.05) is 6.33 Å². The molecule has 1 fully saturated rings. The molecule has 0 saturated carbocycles. The Hall–Kier alpha value is -1.61. The van der Waals surface area contributed by atoms with Crippen LogP contribution in [0.15, 0.2) is 42.9 Å². The highest BCUT2D eigenvalue weighted by Gasteiger charge is 2.31. The molecule has 2 heterocycles. The molecule has 1 aliphatic heterocycles. The summed E-state index contributed by atoms with van der Waals surface area (Å²) in [7, 11) is 0. The van der Waals surface area contributed by atoms with Crippen molar-refractivity contribution < 1.29 is 0 Å². The minimum Gasteiger partial charge on any atom is -0.333 e. The molecule has 2 aromatic rings. The minimum absolute atomic E-state index is 0.262. The van der Waals surface area contributed by atoms with E-state index < -0.39 is 0 Å². The molecule has 3 rings (SSSR count). The number of piperidine rings is 1. The van der Waals surface area contributed by atoms with Gasteiger partial charge in [-0.3, -0.25) is 0 Å². The van der Waals surface area contributed by atoms with Gasteiger partial charge in [-0.2, -0.15) is 0 Å². The topological polar surface area (TPSA) is 29.9 Å². The zero-order chi connectivity index (χ0) is 14.7. The number of benzene rings is 1. The third-order valence-corrected chi connectivity index (χ3v) is 4.88. The molecule has 0 bridgehead atoms. The number of hydrogen-bond acceptors (Lipinski definition) is 2. The summed E-state index contributed by atoms with van der Waals surface area (Å²) in [5.41, 5.74) is 3.05. The Kier molecular flexibility index (Phi) is 4.11. The minimum atomic E-state index is 0.262. The average Bonchev–Trinajstić information content (AvgIpc) is 2.98. The van der Waals surface area contributed by atoms with Gasteiger partial charge in [-0.25, -0.2) is 4.98 Å². The van der Waals surface area contributed by atoms with Crippen LogP contribution >= 0.6 is 0 Å². The summed E-state index contributed by atoms with van der Waals surface area (Å²) in [4.78, 5) is 4.43. The van der Waals surface area contributed by atoms with Gasteiger partial charge in [0.05, 0.1) is 6.33 Å². The van der Waals surface area contributed by atoms with E-state index in [2.05, 4.69) is 65.2 Å². The highest BCUT2D eigenvalue weighted by atomic mass is 15.1. The number of nitrogens with zero attached hydrogens (tertiary/aromatic N) is 2. The molecule has 1 unspecified atom stereocenters. The van der Waals surface area contributed by atoms with Crippen molar-refractivity contribution in [2.75, 3.05) is 13.1 Å². The van der Waals surface area contributed by atoms with E-state index in [0.29, 0.717) is 5.92 Å². The zero-order valence-corrected chi connectivity index (χ0v) is 13.0. The van der Waals surface area contributed by atoms with Gasteiger partial charge in [0.2, 0.25) is 0 Å². The maximum Gasteiger partial charge on any atom is 0.0948 e. The Balaban J connectivity index is 1.79. The van der Waals surface area contributed by atoms with E-state index in [1.54, 1.807) is 0 Å². The molecule has 0 amide bonds. The van der Waals surface area contributed by atoms with Crippen molar-refractivity contribution in [2.45, 2.75) is 44.6 Å². The molecule has 0 spiro atoms. The van der Waals surface area contributed by atoms with Crippen molar-refractivity contribution in [1.29, 1.82) is 0 Å². The van der Waals surface area contributed by atoms with Gasteiger partial charge in [0.1, 0.15) is 0 Å². The van der Waals surface area contributed by atoms with Crippen LogP contribution in [0.2, 0.25) is 0 Å². The van der Waals surface area contributed by atoms with Gasteiger partial charge in [0.25, 0.3) is 0 Å². The van der Waals surface area contributed by atoms with E-state index in [4.69, 9.17) is 0 Å². The summed E-state index contributed by atoms with van der Waals surface area (Å²) >= 11 is 0. The van der Waals surface area contributed by atoms with Gasteiger partial charge >= 0.3 is 0 Å². The summed E-state index contributed by atoms with van der Waals surface area (Å²) < 4.78 is 2.36. The highest BCUT2D eigenvalue weighted by molar-refractivity contribution is 5.20. The molecule has 1 N–H and O–H groups in total. The van der Waals surface area contributed by atoms with Crippen LogP contribution < -0.4 is 5.32 Å². The van der Waals surface area contributed by atoms with Gasteiger partial charge in [-0.15, -0.1) is 0 Å². The van der Waals surface area contributed by atoms with Gasteiger partial charge < -0.3 is 9.88 Å². The SMILES string of the molecule is CC(Cn1cncc1C1(C)CCNCC1)c1ccccc1. The van der Waals surface area contributed by atoms with Crippen LogP contribution in [0, 0.1) is 0 Å². The third-order valence-electron chi connectivity index (χ3n) is 4.88. The number of hydrogen-bond donors (Lipinski definition) is 1. The first kappa shape index (κ1) is 14.3. The van der Waals surface area contributed by atoms with Crippen LogP contribution in [0.1, 0.15) is 43.9 Å². The van der Waals surface area contributed by atoms with Crippen molar-refractivity contribution in [3.8, 4) is 0 Å². The number of nitrogens with one attached hydrogen (secondary N) is 1. The molecular weight excluding hydrogens is 258 g/mol.